The smallest absolute Gasteiger partial charge is 0.215 e. The normalized spacial score (nSPS) is 29.4. The highest BCUT2D eigenvalue weighted by Gasteiger charge is 2.65. The Balaban J connectivity index is 1.44. The molecule has 0 radical (unpaired) electrons. The number of aromatic nitrogens is 1. The van der Waals surface area contributed by atoms with Gasteiger partial charge >= 0.3 is 0 Å². The highest BCUT2D eigenvalue weighted by atomic mass is 32.2. The van der Waals surface area contributed by atoms with E-state index in [0.29, 0.717) is 50.5 Å². The molecule has 2 saturated carbocycles. The van der Waals surface area contributed by atoms with Crippen LogP contribution < -0.4 is 4.90 Å². The number of hydrogen-bond donors (Lipinski definition) is 0. The SMILES string of the molecule is CC(=O)c1ccc(N2CCN(S(=O)(=O)C[C@]34CC[C@H](CC3=O)C4(C)C)CC2)nc1. The number of pyridine rings is 1. The molecule has 1 aromatic rings. The number of hydrogen-bond acceptors (Lipinski definition) is 6. The average Bonchev–Trinajstić information content (AvgIpc) is 3.02. The lowest BCUT2D eigenvalue weighted by Gasteiger charge is -2.40. The molecular formula is C21H29N3O4S. The molecule has 0 aromatic carbocycles. The molecule has 1 saturated heterocycles. The fourth-order valence-corrected chi connectivity index (χ4v) is 7.69. The van der Waals surface area contributed by atoms with Crippen LogP contribution >= 0.6 is 0 Å². The van der Waals surface area contributed by atoms with Crippen molar-refractivity contribution in [2.75, 3.05) is 36.8 Å². The lowest BCUT2D eigenvalue weighted by atomic mass is 9.70. The summed E-state index contributed by atoms with van der Waals surface area (Å²) in [7, 11) is -3.52. The van der Waals surface area contributed by atoms with Gasteiger partial charge in [-0.25, -0.2) is 13.4 Å². The van der Waals surface area contributed by atoms with Crippen LogP contribution in [0.1, 0.15) is 50.4 Å². The number of carbonyl (C=O) groups excluding carboxylic acids is 2. The van der Waals surface area contributed by atoms with E-state index in [2.05, 4.69) is 18.8 Å². The van der Waals surface area contributed by atoms with Gasteiger partial charge in [-0.05, 0) is 43.2 Å². The van der Waals surface area contributed by atoms with Gasteiger partial charge in [0.25, 0.3) is 0 Å². The van der Waals surface area contributed by atoms with Crippen LogP contribution in [-0.2, 0) is 14.8 Å². The molecule has 0 amide bonds. The maximum absolute atomic E-state index is 13.2. The molecule has 3 fully saturated rings. The highest BCUT2D eigenvalue weighted by Crippen LogP contribution is 2.64. The van der Waals surface area contributed by atoms with Crippen LogP contribution in [-0.4, -0.2) is 61.2 Å². The number of nitrogens with zero attached hydrogens (tertiary/aromatic N) is 3. The van der Waals surface area contributed by atoms with Crippen molar-refractivity contribution >= 4 is 27.4 Å². The summed E-state index contributed by atoms with van der Waals surface area (Å²) in [5, 5.41) is 0. The van der Waals surface area contributed by atoms with E-state index in [4.69, 9.17) is 0 Å². The Morgan fingerprint density at radius 1 is 1.21 bits per heavy atom. The molecule has 0 unspecified atom stereocenters. The minimum atomic E-state index is -3.52. The molecular weight excluding hydrogens is 390 g/mol. The first-order chi connectivity index (χ1) is 13.6. The van der Waals surface area contributed by atoms with Gasteiger partial charge in [0, 0.05) is 49.8 Å². The van der Waals surface area contributed by atoms with Crippen molar-refractivity contribution in [1.29, 1.82) is 0 Å². The summed E-state index contributed by atoms with van der Waals surface area (Å²) in [6.45, 7) is 7.48. The third-order valence-corrected chi connectivity index (χ3v) is 9.69. The first-order valence-electron chi connectivity index (χ1n) is 10.3. The second-order valence-corrected chi connectivity index (χ2v) is 11.2. The van der Waals surface area contributed by atoms with Gasteiger partial charge in [-0.3, -0.25) is 9.59 Å². The van der Waals surface area contributed by atoms with E-state index in [-0.39, 0.29) is 22.7 Å². The Bertz CT molecular complexity index is 933. The third kappa shape index (κ3) is 3.20. The van der Waals surface area contributed by atoms with E-state index >= 15 is 0 Å². The molecule has 7 nitrogen and oxygen atoms in total. The standard InChI is InChI=1S/C21H29N3O4S/c1-15(25)16-4-5-19(22-13-16)23-8-10-24(11-9-23)29(27,28)14-21-7-6-17(12-18(21)26)20(21,2)3/h4-5,13,17H,6-12,14H2,1-3H3/t17-,21-/m1/s1. The van der Waals surface area contributed by atoms with Crippen LogP contribution in [0.4, 0.5) is 5.82 Å². The number of rotatable bonds is 5. The predicted octanol–water partition coefficient (Wildman–Crippen LogP) is 2.13. The van der Waals surface area contributed by atoms with Crippen LogP contribution in [0.3, 0.4) is 0 Å². The van der Waals surface area contributed by atoms with Gasteiger partial charge in [0.15, 0.2) is 5.78 Å². The second-order valence-electron chi connectivity index (χ2n) is 9.27. The predicted molar refractivity (Wildman–Crippen MR) is 110 cm³/mol. The van der Waals surface area contributed by atoms with Crippen LogP contribution in [0, 0.1) is 16.7 Å². The summed E-state index contributed by atoms with van der Waals surface area (Å²) in [5.74, 6) is 1.10. The molecule has 2 heterocycles. The summed E-state index contributed by atoms with van der Waals surface area (Å²) >= 11 is 0. The highest BCUT2D eigenvalue weighted by molar-refractivity contribution is 7.89. The number of anilines is 1. The molecule has 2 atom stereocenters. The topological polar surface area (TPSA) is 87.7 Å². The number of carbonyl (C=O) groups is 2. The Morgan fingerprint density at radius 3 is 2.38 bits per heavy atom. The summed E-state index contributed by atoms with van der Waals surface area (Å²) in [6, 6.07) is 3.55. The zero-order valence-electron chi connectivity index (χ0n) is 17.3. The molecule has 29 heavy (non-hydrogen) atoms. The Labute approximate surface area is 172 Å². The van der Waals surface area contributed by atoms with Crippen LogP contribution in [0.2, 0.25) is 0 Å². The van der Waals surface area contributed by atoms with E-state index in [0.717, 1.165) is 12.2 Å². The van der Waals surface area contributed by atoms with Crippen molar-refractivity contribution in [3.8, 4) is 0 Å². The lowest BCUT2D eigenvalue weighted by molar-refractivity contribution is -0.128. The Hall–Kier alpha value is -1.80. The van der Waals surface area contributed by atoms with Gasteiger partial charge in [-0.2, -0.15) is 4.31 Å². The van der Waals surface area contributed by atoms with Gasteiger partial charge in [0.2, 0.25) is 10.0 Å². The summed E-state index contributed by atoms with van der Waals surface area (Å²) in [4.78, 5) is 30.5. The zero-order chi connectivity index (χ0) is 21.0. The first kappa shape index (κ1) is 20.5. The van der Waals surface area contributed by atoms with Gasteiger partial charge in [0.1, 0.15) is 11.6 Å². The maximum Gasteiger partial charge on any atom is 0.215 e. The van der Waals surface area contributed by atoms with Crippen molar-refractivity contribution in [2.24, 2.45) is 16.7 Å². The molecule has 158 valence electrons. The Morgan fingerprint density at radius 2 is 1.90 bits per heavy atom. The van der Waals surface area contributed by atoms with Gasteiger partial charge in [-0.15, -0.1) is 0 Å². The molecule has 2 bridgehead atoms. The number of ketones is 2. The molecule has 3 aliphatic rings. The van der Waals surface area contributed by atoms with Crippen LogP contribution in [0.25, 0.3) is 0 Å². The number of sulfonamides is 1. The second kappa shape index (κ2) is 6.87. The minimum absolute atomic E-state index is 0.0297. The third-order valence-electron chi connectivity index (χ3n) is 7.68. The van der Waals surface area contributed by atoms with Gasteiger partial charge in [0.05, 0.1) is 5.75 Å². The summed E-state index contributed by atoms with van der Waals surface area (Å²) in [5.41, 5.74) is -0.410. The molecule has 2 aliphatic carbocycles. The van der Waals surface area contributed by atoms with E-state index in [1.807, 2.05) is 4.90 Å². The fourth-order valence-electron chi connectivity index (χ4n) is 5.49. The lowest BCUT2D eigenvalue weighted by Crippen LogP contribution is -2.53. The summed E-state index contributed by atoms with van der Waals surface area (Å²) in [6.07, 6.45) is 3.72. The Kier molecular flexibility index (Phi) is 4.85. The fraction of sp³-hybridized carbons (Fsp3) is 0.667. The van der Waals surface area contributed by atoms with E-state index in [1.165, 1.54) is 11.2 Å². The molecule has 4 rings (SSSR count). The van der Waals surface area contributed by atoms with Crippen LogP contribution in [0.5, 0.6) is 0 Å². The molecule has 0 N–H and O–H groups in total. The largest absolute Gasteiger partial charge is 0.354 e. The van der Waals surface area contributed by atoms with Gasteiger partial charge < -0.3 is 4.90 Å². The molecule has 1 aliphatic heterocycles. The number of Topliss-reactive ketones (excluding diaryl/α,β-unsaturated/α-hetero) is 2. The van der Waals surface area contributed by atoms with Crippen molar-refractivity contribution < 1.29 is 18.0 Å². The number of fused-ring (bicyclic) bond motifs is 2. The van der Waals surface area contributed by atoms with Crippen molar-refractivity contribution in [1.82, 2.24) is 9.29 Å². The van der Waals surface area contributed by atoms with Crippen molar-refractivity contribution in [3.63, 3.8) is 0 Å². The van der Waals surface area contributed by atoms with Crippen molar-refractivity contribution in [2.45, 2.75) is 40.0 Å². The van der Waals surface area contributed by atoms with E-state index in [1.54, 1.807) is 18.3 Å². The van der Waals surface area contributed by atoms with Crippen molar-refractivity contribution in [3.05, 3.63) is 23.9 Å². The maximum atomic E-state index is 13.2. The number of piperazine rings is 1. The average molecular weight is 420 g/mol. The molecule has 1 aromatic heterocycles. The first-order valence-corrected chi connectivity index (χ1v) is 11.9. The molecule has 8 heteroatoms. The van der Waals surface area contributed by atoms with Crippen LogP contribution in [0.15, 0.2) is 18.3 Å². The van der Waals surface area contributed by atoms with E-state index in [9.17, 15) is 18.0 Å². The van der Waals surface area contributed by atoms with Gasteiger partial charge in [-0.1, -0.05) is 13.8 Å². The minimum Gasteiger partial charge on any atom is -0.354 e. The quantitative estimate of drug-likeness (QED) is 0.680. The molecule has 0 spiro atoms. The zero-order valence-corrected chi connectivity index (χ0v) is 18.2. The van der Waals surface area contributed by atoms with E-state index < -0.39 is 15.4 Å². The summed E-state index contributed by atoms with van der Waals surface area (Å²) < 4.78 is 28.0. The monoisotopic (exact) mass is 419 g/mol.